The first-order valence-corrected chi connectivity index (χ1v) is 8.07. The average Bonchev–Trinajstić information content (AvgIpc) is 3.02. The van der Waals surface area contributed by atoms with Gasteiger partial charge >= 0.3 is 0 Å². The van der Waals surface area contributed by atoms with Crippen LogP contribution >= 0.6 is 11.3 Å². The van der Waals surface area contributed by atoms with Crippen LogP contribution in [0.4, 0.5) is 0 Å². The second-order valence-corrected chi connectivity index (χ2v) is 6.02. The largest absolute Gasteiger partial charge is 0.356 e. The van der Waals surface area contributed by atoms with Crippen LogP contribution in [-0.2, 0) is 16.0 Å². The lowest BCUT2D eigenvalue weighted by Gasteiger charge is -2.04. The molecule has 2 N–H and O–H groups in total. The van der Waals surface area contributed by atoms with Gasteiger partial charge < -0.3 is 10.6 Å². The van der Waals surface area contributed by atoms with Crippen LogP contribution in [0.1, 0.15) is 37.0 Å². The monoisotopic (exact) mass is 324 g/mol. The van der Waals surface area contributed by atoms with Gasteiger partial charge in [-0.3, -0.25) is 9.59 Å². The van der Waals surface area contributed by atoms with Crippen molar-refractivity contribution in [3.05, 3.63) is 10.8 Å². The molecule has 9 heteroatoms. The van der Waals surface area contributed by atoms with E-state index in [9.17, 15) is 9.59 Å². The molecule has 2 rings (SSSR count). The van der Waals surface area contributed by atoms with Crippen LogP contribution in [0, 0.1) is 6.92 Å². The summed E-state index contributed by atoms with van der Waals surface area (Å²) in [7, 11) is 0. The van der Waals surface area contributed by atoms with Gasteiger partial charge in [0.25, 0.3) is 0 Å². The Balaban J connectivity index is 1.62. The molecule has 2 aromatic rings. The number of nitrogens with zero attached hydrogens (tertiary/aromatic N) is 4. The number of carbonyl (C=O) groups excluding carboxylic acids is 2. The number of nitrogens with one attached hydrogen (secondary N) is 2. The Morgan fingerprint density at radius 3 is 2.59 bits per heavy atom. The van der Waals surface area contributed by atoms with Crippen molar-refractivity contribution in [3.63, 3.8) is 0 Å². The van der Waals surface area contributed by atoms with Crippen LogP contribution in [0.5, 0.6) is 0 Å². The highest BCUT2D eigenvalue weighted by molar-refractivity contribution is 7.16. The molecule has 0 saturated carbocycles. The van der Waals surface area contributed by atoms with Crippen LogP contribution in [0.15, 0.2) is 0 Å². The third-order valence-electron chi connectivity index (χ3n) is 3.05. The van der Waals surface area contributed by atoms with E-state index in [1.165, 1.54) is 18.3 Å². The Hall–Kier alpha value is -2.03. The minimum absolute atomic E-state index is 0.0159. The first-order valence-electron chi connectivity index (χ1n) is 7.25. The van der Waals surface area contributed by atoms with Gasteiger partial charge in [0.1, 0.15) is 5.01 Å². The van der Waals surface area contributed by atoms with Crippen molar-refractivity contribution in [1.82, 2.24) is 30.4 Å². The van der Waals surface area contributed by atoms with Gasteiger partial charge in [0.2, 0.25) is 16.8 Å². The fourth-order valence-corrected chi connectivity index (χ4v) is 2.78. The van der Waals surface area contributed by atoms with Gasteiger partial charge in [-0.05, 0) is 19.8 Å². The number of aromatic nitrogens is 4. The van der Waals surface area contributed by atoms with Crippen LogP contribution in [-0.4, -0.2) is 44.7 Å². The topological polar surface area (TPSA) is 101 Å². The van der Waals surface area contributed by atoms with Gasteiger partial charge in [-0.1, -0.05) is 11.3 Å². The number of aryl methyl sites for hydroxylation is 2. The van der Waals surface area contributed by atoms with E-state index in [-0.39, 0.29) is 11.8 Å². The molecule has 2 heterocycles. The van der Waals surface area contributed by atoms with Gasteiger partial charge in [-0.25, -0.2) is 0 Å². The quantitative estimate of drug-likeness (QED) is 0.687. The van der Waals surface area contributed by atoms with Gasteiger partial charge in [-0.2, -0.15) is 9.61 Å². The maximum absolute atomic E-state index is 11.7. The zero-order valence-corrected chi connectivity index (χ0v) is 13.6. The van der Waals surface area contributed by atoms with Crippen molar-refractivity contribution in [3.8, 4) is 0 Å². The molecule has 0 aromatic carbocycles. The molecule has 0 fully saturated rings. The Bertz CT molecular complexity index is 650. The summed E-state index contributed by atoms with van der Waals surface area (Å²) in [6.45, 7) is 4.62. The minimum atomic E-state index is -0.0238. The fourth-order valence-electron chi connectivity index (χ4n) is 1.91. The number of rotatable bonds is 8. The molecule has 0 radical (unpaired) electrons. The van der Waals surface area contributed by atoms with Crippen molar-refractivity contribution in [2.75, 3.05) is 13.1 Å². The lowest BCUT2D eigenvalue weighted by atomic mass is 10.2. The molecule has 0 aliphatic heterocycles. The predicted octanol–water partition coefficient (Wildman–Crippen LogP) is 0.459. The van der Waals surface area contributed by atoms with Crippen LogP contribution < -0.4 is 10.6 Å². The van der Waals surface area contributed by atoms with E-state index in [1.54, 1.807) is 4.52 Å². The first-order chi connectivity index (χ1) is 10.6. The molecule has 0 aliphatic carbocycles. The molecular formula is C13H20N6O2S. The summed E-state index contributed by atoms with van der Waals surface area (Å²) < 4.78 is 1.69. The maximum atomic E-state index is 11.7. The molecule has 2 amide bonds. The highest BCUT2D eigenvalue weighted by Gasteiger charge is 2.10. The summed E-state index contributed by atoms with van der Waals surface area (Å²) in [6, 6.07) is 0. The van der Waals surface area contributed by atoms with Crippen molar-refractivity contribution in [2.24, 2.45) is 0 Å². The normalized spacial score (nSPS) is 10.8. The van der Waals surface area contributed by atoms with Crippen LogP contribution in [0.25, 0.3) is 4.96 Å². The number of amides is 2. The molecular weight excluding hydrogens is 304 g/mol. The number of unbranched alkanes of at least 4 members (excludes halogenated alkanes) is 1. The minimum Gasteiger partial charge on any atom is -0.356 e. The molecule has 0 aliphatic rings. The second-order valence-electron chi connectivity index (χ2n) is 4.98. The van der Waals surface area contributed by atoms with Crippen molar-refractivity contribution < 1.29 is 9.59 Å². The van der Waals surface area contributed by atoms with Crippen molar-refractivity contribution in [1.29, 1.82) is 0 Å². The molecule has 0 spiro atoms. The van der Waals surface area contributed by atoms with Gasteiger partial charge in [0, 0.05) is 32.9 Å². The lowest BCUT2D eigenvalue weighted by Crippen LogP contribution is -2.26. The maximum Gasteiger partial charge on any atom is 0.234 e. The lowest BCUT2D eigenvalue weighted by molar-refractivity contribution is -0.121. The smallest absolute Gasteiger partial charge is 0.234 e. The van der Waals surface area contributed by atoms with Gasteiger partial charge in [-0.15, -0.1) is 10.2 Å². The third-order valence-corrected chi connectivity index (χ3v) is 4.01. The summed E-state index contributed by atoms with van der Waals surface area (Å²) >= 11 is 1.46. The Morgan fingerprint density at radius 1 is 1.18 bits per heavy atom. The molecule has 0 unspecified atom stereocenters. The van der Waals surface area contributed by atoms with Gasteiger partial charge in [0.15, 0.2) is 5.82 Å². The Morgan fingerprint density at radius 2 is 1.91 bits per heavy atom. The standard InChI is InChI=1S/C13H20N6O2S/c1-9-16-17-13-19(9)18-12(22-13)6-5-11(21)15-8-4-3-7-14-10(2)20/h3-8H2,1-2H3,(H,14,20)(H,15,21). The van der Waals surface area contributed by atoms with E-state index in [2.05, 4.69) is 25.9 Å². The summed E-state index contributed by atoms with van der Waals surface area (Å²) in [5, 5.41) is 18.8. The highest BCUT2D eigenvalue weighted by Crippen LogP contribution is 2.14. The zero-order valence-electron chi connectivity index (χ0n) is 12.8. The van der Waals surface area contributed by atoms with Crippen LogP contribution in [0.2, 0.25) is 0 Å². The first kappa shape index (κ1) is 16.3. The number of fused-ring (bicyclic) bond motifs is 1. The predicted molar refractivity (Wildman–Crippen MR) is 82.6 cm³/mol. The molecule has 0 bridgehead atoms. The Labute approximate surface area is 132 Å². The molecule has 0 atom stereocenters. The van der Waals surface area contributed by atoms with E-state index >= 15 is 0 Å². The van der Waals surface area contributed by atoms with E-state index in [0.717, 1.165) is 28.6 Å². The highest BCUT2D eigenvalue weighted by atomic mass is 32.1. The van der Waals surface area contributed by atoms with Crippen LogP contribution in [0.3, 0.4) is 0 Å². The van der Waals surface area contributed by atoms with E-state index < -0.39 is 0 Å². The SMILES string of the molecule is CC(=O)NCCCCNC(=O)CCc1nn2c(C)nnc2s1. The van der Waals surface area contributed by atoms with E-state index in [4.69, 9.17) is 0 Å². The van der Waals surface area contributed by atoms with Crippen molar-refractivity contribution in [2.45, 2.75) is 39.5 Å². The molecule has 8 nitrogen and oxygen atoms in total. The number of carbonyl (C=O) groups is 2. The second kappa shape index (κ2) is 7.83. The summed E-state index contributed by atoms with van der Waals surface area (Å²) in [5.41, 5.74) is 0. The summed E-state index contributed by atoms with van der Waals surface area (Å²) in [6.07, 6.45) is 2.72. The van der Waals surface area contributed by atoms with E-state index in [1.807, 2.05) is 6.92 Å². The van der Waals surface area contributed by atoms with Gasteiger partial charge in [0.05, 0.1) is 0 Å². The molecule has 22 heavy (non-hydrogen) atoms. The molecule has 2 aromatic heterocycles. The zero-order chi connectivity index (χ0) is 15.9. The van der Waals surface area contributed by atoms with E-state index in [0.29, 0.717) is 25.9 Å². The number of hydrogen-bond acceptors (Lipinski definition) is 6. The molecule has 120 valence electrons. The number of hydrogen-bond donors (Lipinski definition) is 2. The summed E-state index contributed by atoms with van der Waals surface area (Å²) in [4.78, 5) is 23.2. The average molecular weight is 324 g/mol. The van der Waals surface area contributed by atoms with Crippen molar-refractivity contribution >= 4 is 28.1 Å². The molecule has 0 saturated heterocycles. The summed E-state index contributed by atoms with van der Waals surface area (Å²) in [5.74, 6) is 0.743. The fraction of sp³-hybridized carbons (Fsp3) is 0.615. The Kier molecular flexibility index (Phi) is 5.82. The third kappa shape index (κ3) is 4.76.